The number of fused-ring (bicyclic) bond motifs is 1. The highest BCUT2D eigenvalue weighted by Crippen LogP contribution is 2.44. The standard InChI is InChI=1S/C17H19N3O3.C2H6/c1-9-6-10(17(18)4-5-17)7-11-12(9)8-20(16(11)23)13-2-3-14(21)19-15(13)22;1-2/h6-7,13H,2-5,8,18H2,1H3,(H,19,21,22);1-2H3. The molecule has 2 heterocycles. The van der Waals surface area contributed by atoms with Gasteiger partial charge in [-0.1, -0.05) is 19.9 Å². The van der Waals surface area contributed by atoms with Crippen molar-refractivity contribution >= 4 is 17.7 Å². The Morgan fingerprint density at radius 3 is 2.48 bits per heavy atom. The SMILES string of the molecule is CC.Cc1cc(C2(N)CC2)cc2c1CN(C1CCC(=O)NC1=O)C2=O. The molecule has 1 saturated heterocycles. The monoisotopic (exact) mass is 343 g/mol. The highest BCUT2D eigenvalue weighted by Gasteiger charge is 2.43. The van der Waals surface area contributed by atoms with Crippen LogP contribution in [0.3, 0.4) is 0 Å². The molecule has 0 spiro atoms. The minimum absolute atomic E-state index is 0.135. The van der Waals surface area contributed by atoms with E-state index in [1.807, 2.05) is 26.8 Å². The lowest BCUT2D eigenvalue weighted by atomic mass is 9.96. The van der Waals surface area contributed by atoms with E-state index in [-0.39, 0.29) is 29.7 Å². The number of rotatable bonds is 2. The van der Waals surface area contributed by atoms with Crippen LogP contribution in [-0.4, -0.2) is 28.7 Å². The topological polar surface area (TPSA) is 92.5 Å². The predicted molar refractivity (Wildman–Crippen MR) is 93.7 cm³/mol. The van der Waals surface area contributed by atoms with Gasteiger partial charge < -0.3 is 10.6 Å². The van der Waals surface area contributed by atoms with E-state index in [4.69, 9.17) is 5.73 Å². The molecule has 1 unspecified atom stereocenters. The molecule has 0 radical (unpaired) electrons. The summed E-state index contributed by atoms with van der Waals surface area (Å²) < 4.78 is 0. The molecule has 1 aromatic carbocycles. The van der Waals surface area contributed by atoms with Crippen molar-refractivity contribution in [2.45, 2.75) is 64.6 Å². The molecule has 1 aliphatic carbocycles. The van der Waals surface area contributed by atoms with E-state index < -0.39 is 6.04 Å². The third-order valence-electron chi connectivity index (χ3n) is 5.24. The lowest BCUT2D eigenvalue weighted by Crippen LogP contribution is -2.52. The molecular weight excluding hydrogens is 318 g/mol. The Labute approximate surface area is 147 Å². The van der Waals surface area contributed by atoms with Gasteiger partial charge in [0.2, 0.25) is 11.8 Å². The lowest BCUT2D eigenvalue weighted by Gasteiger charge is -2.29. The molecule has 0 bridgehead atoms. The Kier molecular flexibility index (Phi) is 4.41. The van der Waals surface area contributed by atoms with Crippen LogP contribution >= 0.6 is 0 Å². The minimum Gasteiger partial charge on any atom is -0.322 e. The maximum Gasteiger partial charge on any atom is 0.255 e. The van der Waals surface area contributed by atoms with Crippen molar-refractivity contribution in [3.05, 3.63) is 34.4 Å². The van der Waals surface area contributed by atoms with Gasteiger partial charge in [-0.05, 0) is 48.9 Å². The van der Waals surface area contributed by atoms with Gasteiger partial charge in [0.05, 0.1) is 0 Å². The number of nitrogens with zero attached hydrogens (tertiary/aromatic N) is 1. The number of hydrogen-bond donors (Lipinski definition) is 2. The summed E-state index contributed by atoms with van der Waals surface area (Å²) in [7, 11) is 0. The zero-order valence-electron chi connectivity index (χ0n) is 15.0. The molecule has 2 fully saturated rings. The van der Waals surface area contributed by atoms with Crippen molar-refractivity contribution in [2.24, 2.45) is 5.73 Å². The van der Waals surface area contributed by atoms with E-state index in [9.17, 15) is 14.4 Å². The normalized spacial score (nSPS) is 23.6. The number of benzene rings is 1. The number of carbonyl (C=O) groups is 3. The van der Waals surface area contributed by atoms with Crippen LogP contribution in [-0.2, 0) is 21.7 Å². The van der Waals surface area contributed by atoms with Gasteiger partial charge in [0.15, 0.2) is 0 Å². The Hall–Kier alpha value is -2.21. The predicted octanol–water partition coefficient (Wildman–Crippen LogP) is 1.73. The van der Waals surface area contributed by atoms with Crippen molar-refractivity contribution in [3.63, 3.8) is 0 Å². The van der Waals surface area contributed by atoms with Crippen molar-refractivity contribution in [1.82, 2.24) is 10.2 Å². The average Bonchev–Trinajstić information content (AvgIpc) is 3.25. The molecule has 6 heteroatoms. The van der Waals surface area contributed by atoms with Crippen LogP contribution in [0.25, 0.3) is 0 Å². The van der Waals surface area contributed by atoms with Crippen LogP contribution in [0.1, 0.15) is 66.6 Å². The van der Waals surface area contributed by atoms with Gasteiger partial charge in [-0.25, -0.2) is 0 Å². The van der Waals surface area contributed by atoms with Gasteiger partial charge in [0, 0.05) is 24.1 Å². The van der Waals surface area contributed by atoms with Crippen LogP contribution in [0.4, 0.5) is 0 Å². The fraction of sp³-hybridized carbons (Fsp3) is 0.526. The number of carbonyl (C=O) groups excluding carboxylic acids is 3. The second kappa shape index (κ2) is 6.26. The van der Waals surface area contributed by atoms with Crippen LogP contribution in [0.15, 0.2) is 12.1 Å². The molecule has 1 aromatic rings. The van der Waals surface area contributed by atoms with Crippen molar-refractivity contribution in [1.29, 1.82) is 0 Å². The summed E-state index contributed by atoms with van der Waals surface area (Å²) in [5.41, 5.74) is 9.64. The quantitative estimate of drug-likeness (QED) is 0.800. The summed E-state index contributed by atoms with van der Waals surface area (Å²) in [6, 6.07) is 3.39. The molecule has 4 rings (SSSR count). The molecular formula is C19H25N3O3. The summed E-state index contributed by atoms with van der Waals surface area (Å²) >= 11 is 0. The van der Waals surface area contributed by atoms with E-state index >= 15 is 0 Å². The number of piperidine rings is 1. The fourth-order valence-corrected chi connectivity index (χ4v) is 3.56. The van der Waals surface area contributed by atoms with Crippen molar-refractivity contribution < 1.29 is 14.4 Å². The zero-order chi connectivity index (χ0) is 18.4. The van der Waals surface area contributed by atoms with Crippen LogP contribution in [0.5, 0.6) is 0 Å². The summed E-state index contributed by atoms with van der Waals surface area (Å²) in [6.07, 6.45) is 2.54. The number of imide groups is 1. The summed E-state index contributed by atoms with van der Waals surface area (Å²) in [5, 5.41) is 2.32. The number of hydrogen-bond acceptors (Lipinski definition) is 4. The first-order valence-corrected chi connectivity index (χ1v) is 8.96. The molecule has 0 aromatic heterocycles. The molecule has 2 aliphatic heterocycles. The fourth-order valence-electron chi connectivity index (χ4n) is 3.56. The van der Waals surface area contributed by atoms with Gasteiger partial charge in [-0.15, -0.1) is 0 Å². The highest BCUT2D eigenvalue weighted by molar-refractivity contribution is 6.05. The molecule has 1 saturated carbocycles. The first-order chi connectivity index (χ1) is 11.9. The lowest BCUT2D eigenvalue weighted by molar-refractivity contribution is -0.136. The summed E-state index contributed by atoms with van der Waals surface area (Å²) in [5.74, 6) is -0.783. The second-order valence-corrected chi connectivity index (χ2v) is 6.88. The van der Waals surface area contributed by atoms with Crippen molar-refractivity contribution in [3.8, 4) is 0 Å². The molecule has 1 atom stereocenters. The van der Waals surface area contributed by atoms with Gasteiger partial charge in [-0.3, -0.25) is 19.7 Å². The first-order valence-electron chi connectivity index (χ1n) is 8.96. The van der Waals surface area contributed by atoms with Gasteiger partial charge in [0.25, 0.3) is 5.91 Å². The number of amides is 3. The summed E-state index contributed by atoms with van der Waals surface area (Å²) in [6.45, 7) is 6.40. The van der Waals surface area contributed by atoms with Crippen molar-refractivity contribution in [2.75, 3.05) is 0 Å². The molecule has 25 heavy (non-hydrogen) atoms. The molecule has 3 amide bonds. The molecule has 6 nitrogen and oxygen atoms in total. The van der Waals surface area contributed by atoms with Crippen LogP contribution in [0, 0.1) is 6.92 Å². The van der Waals surface area contributed by atoms with E-state index in [0.29, 0.717) is 18.5 Å². The van der Waals surface area contributed by atoms with Gasteiger partial charge >= 0.3 is 0 Å². The van der Waals surface area contributed by atoms with Gasteiger partial charge in [0.1, 0.15) is 6.04 Å². The third kappa shape index (κ3) is 2.95. The van der Waals surface area contributed by atoms with Crippen LogP contribution < -0.4 is 11.1 Å². The maximum absolute atomic E-state index is 12.8. The Morgan fingerprint density at radius 2 is 1.88 bits per heavy atom. The zero-order valence-corrected chi connectivity index (χ0v) is 15.0. The van der Waals surface area contributed by atoms with E-state index in [2.05, 4.69) is 11.4 Å². The Balaban J connectivity index is 0.000000880. The smallest absolute Gasteiger partial charge is 0.255 e. The number of nitrogens with one attached hydrogen (secondary N) is 1. The molecule has 134 valence electrons. The van der Waals surface area contributed by atoms with E-state index in [0.717, 1.165) is 29.5 Å². The Morgan fingerprint density at radius 1 is 1.20 bits per heavy atom. The Bertz CT molecular complexity index is 753. The largest absolute Gasteiger partial charge is 0.322 e. The third-order valence-corrected chi connectivity index (χ3v) is 5.24. The minimum atomic E-state index is -0.566. The summed E-state index contributed by atoms with van der Waals surface area (Å²) in [4.78, 5) is 37.7. The average molecular weight is 343 g/mol. The van der Waals surface area contributed by atoms with E-state index in [1.54, 1.807) is 4.90 Å². The van der Waals surface area contributed by atoms with Crippen LogP contribution in [0.2, 0.25) is 0 Å². The van der Waals surface area contributed by atoms with E-state index in [1.165, 1.54) is 0 Å². The first kappa shape index (κ1) is 17.6. The molecule has 3 aliphatic rings. The number of nitrogens with two attached hydrogens (primary N) is 1. The van der Waals surface area contributed by atoms with Gasteiger partial charge in [-0.2, -0.15) is 0 Å². The second-order valence-electron chi connectivity index (χ2n) is 6.88. The maximum atomic E-state index is 12.8. The number of aryl methyl sites for hydroxylation is 1. The molecule has 3 N–H and O–H groups in total. The highest BCUT2D eigenvalue weighted by atomic mass is 16.2.